The van der Waals surface area contributed by atoms with Crippen LogP contribution in [0.25, 0.3) is 0 Å². The van der Waals surface area contributed by atoms with Crippen LogP contribution in [0.5, 0.6) is 0 Å². The molecule has 0 saturated carbocycles. The summed E-state index contributed by atoms with van der Waals surface area (Å²) in [6.07, 6.45) is 1.74. The van der Waals surface area contributed by atoms with Crippen molar-refractivity contribution in [1.82, 2.24) is 10.2 Å². The molecule has 0 spiro atoms. The van der Waals surface area contributed by atoms with Crippen molar-refractivity contribution in [2.24, 2.45) is 0 Å². The Morgan fingerprint density at radius 2 is 1.62 bits per heavy atom. The molecule has 3 aromatic carbocycles. The Morgan fingerprint density at radius 1 is 0.950 bits per heavy atom. The predicted molar refractivity (Wildman–Crippen MR) is 161 cm³/mol. The minimum Gasteiger partial charge on any atom is -0.354 e. The molecule has 0 fully saturated rings. The first kappa shape index (κ1) is 31.2. The Balaban J connectivity index is 2.03. The Hall–Kier alpha value is -3.36. The van der Waals surface area contributed by atoms with Crippen molar-refractivity contribution in [2.75, 3.05) is 17.4 Å². The SMILES string of the molecule is CCCCNC(=O)C(C)N(Cc1ccccc1C)C(=O)CN(c1ccc(C)c(Cl)c1)S(=O)(=O)c1ccc(C)cc1. The van der Waals surface area contributed by atoms with Crippen LogP contribution in [0.2, 0.25) is 5.02 Å². The van der Waals surface area contributed by atoms with Gasteiger partial charge in [0.15, 0.2) is 0 Å². The molecule has 0 aliphatic carbocycles. The first-order valence-corrected chi connectivity index (χ1v) is 15.2. The number of rotatable bonds is 12. The monoisotopic (exact) mass is 583 g/mol. The molecule has 3 aromatic rings. The third-order valence-electron chi connectivity index (χ3n) is 6.93. The first-order valence-electron chi connectivity index (χ1n) is 13.4. The number of amides is 2. The van der Waals surface area contributed by atoms with Crippen molar-refractivity contribution >= 4 is 39.1 Å². The average Bonchev–Trinajstić information content (AvgIpc) is 2.92. The van der Waals surface area contributed by atoms with Gasteiger partial charge in [0, 0.05) is 18.1 Å². The number of unbranched alkanes of at least 4 members (excludes halogenated alkanes) is 1. The molecule has 7 nitrogen and oxygen atoms in total. The molecule has 0 heterocycles. The number of hydrogen-bond donors (Lipinski definition) is 1. The van der Waals surface area contributed by atoms with Gasteiger partial charge in [0.05, 0.1) is 10.6 Å². The first-order chi connectivity index (χ1) is 18.9. The Labute approximate surface area is 243 Å². The van der Waals surface area contributed by atoms with E-state index in [-0.39, 0.29) is 23.0 Å². The number of nitrogens with zero attached hydrogens (tertiary/aromatic N) is 2. The van der Waals surface area contributed by atoms with Gasteiger partial charge in [0.25, 0.3) is 10.0 Å². The van der Waals surface area contributed by atoms with Crippen molar-refractivity contribution in [3.63, 3.8) is 0 Å². The molecule has 2 amide bonds. The van der Waals surface area contributed by atoms with Crippen molar-refractivity contribution in [1.29, 1.82) is 0 Å². The van der Waals surface area contributed by atoms with Gasteiger partial charge < -0.3 is 10.2 Å². The number of hydrogen-bond acceptors (Lipinski definition) is 4. The van der Waals surface area contributed by atoms with Crippen molar-refractivity contribution < 1.29 is 18.0 Å². The van der Waals surface area contributed by atoms with Crippen LogP contribution in [-0.2, 0) is 26.2 Å². The van der Waals surface area contributed by atoms with Gasteiger partial charge in [0.1, 0.15) is 12.6 Å². The number of aryl methyl sites for hydroxylation is 3. The normalized spacial score (nSPS) is 12.1. The fourth-order valence-corrected chi connectivity index (χ4v) is 5.77. The minimum atomic E-state index is -4.15. The number of carbonyl (C=O) groups excluding carboxylic acids is 2. The number of anilines is 1. The Bertz CT molecular complexity index is 1440. The zero-order valence-electron chi connectivity index (χ0n) is 23.8. The molecule has 9 heteroatoms. The maximum atomic E-state index is 14.0. The fourth-order valence-electron chi connectivity index (χ4n) is 4.19. The van der Waals surface area contributed by atoms with Crippen LogP contribution in [-0.4, -0.2) is 44.3 Å². The lowest BCUT2D eigenvalue weighted by molar-refractivity contribution is -0.139. The highest BCUT2D eigenvalue weighted by molar-refractivity contribution is 7.92. The fraction of sp³-hybridized carbons (Fsp3) is 0.355. The molecule has 0 aliphatic heterocycles. The molecule has 1 unspecified atom stereocenters. The highest BCUT2D eigenvalue weighted by atomic mass is 35.5. The van der Waals surface area contributed by atoms with Gasteiger partial charge in [-0.2, -0.15) is 0 Å². The lowest BCUT2D eigenvalue weighted by Crippen LogP contribution is -2.51. The van der Waals surface area contributed by atoms with Gasteiger partial charge in [-0.3, -0.25) is 13.9 Å². The molecule has 1 atom stereocenters. The third kappa shape index (κ3) is 7.64. The molecule has 0 aromatic heterocycles. The second-order valence-corrected chi connectivity index (χ2v) is 12.3. The molecule has 1 N–H and O–H groups in total. The summed E-state index contributed by atoms with van der Waals surface area (Å²) in [5, 5.41) is 3.28. The summed E-state index contributed by atoms with van der Waals surface area (Å²) < 4.78 is 28.9. The van der Waals surface area contributed by atoms with Crippen LogP contribution in [0.15, 0.2) is 71.6 Å². The summed E-state index contributed by atoms with van der Waals surface area (Å²) in [4.78, 5) is 28.6. The third-order valence-corrected chi connectivity index (χ3v) is 9.13. The summed E-state index contributed by atoms with van der Waals surface area (Å²) in [6.45, 7) is 9.47. The van der Waals surface area contributed by atoms with Crippen molar-refractivity contribution in [3.8, 4) is 0 Å². The van der Waals surface area contributed by atoms with E-state index in [1.165, 1.54) is 17.0 Å². The van der Waals surface area contributed by atoms with Crippen LogP contribution in [0.3, 0.4) is 0 Å². The van der Waals surface area contributed by atoms with Gasteiger partial charge in [0.2, 0.25) is 11.8 Å². The Kier molecular flexibility index (Phi) is 10.8. The molecule has 40 heavy (non-hydrogen) atoms. The zero-order valence-corrected chi connectivity index (χ0v) is 25.3. The van der Waals surface area contributed by atoms with Gasteiger partial charge in [-0.25, -0.2) is 8.42 Å². The van der Waals surface area contributed by atoms with E-state index >= 15 is 0 Å². The van der Waals surface area contributed by atoms with Gasteiger partial charge in [-0.1, -0.05) is 73.0 Å². The molecule has 214 valence electrons. The summed E-state index contributed by atoms with van der Waals surface area (Å²) in [6, 6.07) is 18.1. The van der Waals surface area contributed by atoms with E-state index < -0.39 is 28.5 Å². The summed E-state index contributed by atoms with van der Waals surface area (Å²) in [5.41, 5.74) is 3.79. The van der Waals surface area contributed by atoms with E-state index in [1.54, 1.807) is 37.3 Å². The largest absolute Gasteiger partial charge is 0.354 e. The van der Waals surface area contributed by atoms with E-state index in [0.717, 1.165) is 39.4 Å². The maximum absolute atomic E-state index is 14.0. The second kappa shape index (κ2) is 13.8. The van der Waals surface area contributed by atoms with Gasteiger partial charge in [-0.15, -0.1) is 0 Å². The zero-order chi connectivity index (χ0) is 29.4. The van der Waals surface area contributed by atoms with Gasteiger partial charge in [-0.05, 0) is 75.1 Å². The molecule has 3 rings (SSSR count). The lowest BCUT2D eigenvalue weighted by atomic mass is 10.1. The lowest BCUT2D eigenvalue weighted by Gasteiger charge is -2.32. The highest BCUT2D eigenvalue weighted by Gasteiger charge is 2.32. The van der Waals surface area contributed by atoms with E-state index in [1.807, 2.05) is 52.0 Å². The van der Waals surface area contributed by atoms with Crippen molar-refractivity contribution in [3.05, 3.63) is 94.0 Å². The highest BCUT2D eigenvalue weighted by Crippen LogP contribution is 2.29. The van der Waals surface area contributed by atoms with Crippen LogP contribution in [0.4, 0.5) is 5.69 Å². The summed E-state index contributed by atoms with van der Waals surface area (Å²) in [5.74, 6) is -0.796. The molecule has 0 radical (unpaired) electrons. The minimum absolute atomic E-state index is 0.0541. The smallest absolute Gasteiger partial charge is 0.264 e. The number of benzene rings is 3. The number of nitrogens with one attached hydrogen (secondary N) is 1. The second-order valence-electron chi connectivity index (χ2n) is 10.0. The average molecular weight is 584 g/mol. The molecule has 0 saturated heterocycles. The van der Waals surface area contributed by atoms with E-state index in [9.17, 15) is 18.0 Å². The van der Waals surface area contributed by atoms with E-state index in [0.29, 0.717) is 11.6 Å². The van der Waals surface area contributed by atoms with Crippen LogP contribution in [0.1, 0.15) is 48.9 Å². The molecule has 0 bridgehead atoms. The number of sulfonamides is 1. The predicted octanol–water partition coefficient (Wildman–Crippen LogP) is 5.79. The van der Waals surface area contributed by atoms with Crippen molar-refractivity contribution in [2.45, 2.75) is 64.9 Å². The summed E-state index contributed by atoms with van der Waals surface area (Å²) >= 11 is 6.38. The number of carbonyl (C=O) groups is 2. The maximum Gasteiger partial charge on any atom is 0.264 e. The Morgan fingerprint density at radius 3 is 2.25 bits per heavy atom. The summed E-state index contributed by atoms with van der Waals surface area (Å²) in [7, 11) is -4.15. The van der Waals surface area contributed by atoms with Crippen LogP contribution in [0, 0.1) is 20.8 Å². The van der Waals surface area contributed by atoms with E-state index in [2.05, 4.69) is 5.32 Å². The molecular formula is C31H38ClN3O4S. The topological polar surface area (TPSA) is 86.8 Å². The molecular weight excluding hydrogens is 546 g/mol. The van der Waals surface area contributed by atoms with Gasteiger partial charge >= 0.3 is 0 Å². The number of halogens is 1. The van der Waals surface area contributed by atoms with Crippen LogP contribution < -0.4 is 9.62 Å². The molecule has 0 aliphatic rings. The standard InChI is InChI=1S/C31H38ClN3O4S/c1-6-7-18-33-31(37)25(5)34(20-26-11-9-8-10-23(26)3)30(36)21-35(27-15-14-24(4)29(32)19-27)40(38,39)28-16-12-22(2)13-17-28/h8-17,19,25H,6-7,18,20-21H2,1-5H3,(H,33,37). The quantitative estimate of drug-likeness (QED) is 0.273. The van der Waals surface area contributed by atoms with E-state index in [4.69, 9.17) is 11.6 Å². The van der Waals surface area contributed by atoms with Crippen LogP contribution >= 0.6 is 11.6 Å².